The van der Waals surface area contributed by atoms with Crippen LogP contribution in [0.1, 0.15) is 50.3 Å². The second-order valence-corrected chi connectivity index (χ2v) is 7.27. The van der Waals surface area contributed by atoms with E-state index in [-0.39, 0.29) is 17.9 Å². The zero-order valence-electron chi connectivity index (χ0n) is 14.1. The average molecular weight is 383 g/mol. The summed E-state index contributed by atoms with van der Waals surface area (Å²) >= 11 is 11.9. The molecule has 0 spiro atoms. The summed E-state index contributed by atoms with van der Waals surface area (Å²) in [4.78, 5) is 14.2. The lowest BCUT2D eigenvalue weighted by Gasteiger charge is -2.30. The fourth-order valence-electron chi connectivity index (χ4n) is 2.75. The van der Waals surface area contributed by atoms with E-state index >= 15 is 0 Å². The number of amides is 2. The number of nitrogens with one attached hydrogen (secondary N) is 1. The largest absolute Gasteiger partial charge is 0.425 e. The Balaban J connectivity index is 1.55. The van der Waals surface area contributed by atoms with Crippen LogP contribution in [0.3, 0.4) is 0 Å². The van der Waals surface area contributed by atoms with E-state index in [1.807, 2.05) is 13.8 Å². The van der Waals surface area contributed by atoms with Crippen molar-refractivity contribution >= 4 is 34.9 Å². The van der Waals surface area contributed by atoms with Gasteiger partial charge in [0.1, 0.15) is 0 Å². The van der Waals surface area contributed by atoms with Gasteiger partial charge in [-0.1, -0.05) is 37.0 Å². The molecule has 2 aromatic rings. The van der Waals surface area contributed by atoms with Crippen LogP contribution in [-0.2, 0) is 0 Å². The SMILES string of the molecule is CC(C)c1nnc(C2CCN(C(=O)Nc3ccc(Cl)c(Cl)c3)CC2)o1. The summed E-state index contributed by atoms with van der Waals surface area (Å²) in [5.41, 5.74) is 0.625. The molecule has 2 heterocycles. The topological polar surface area (TPSA) is 71.3 Å². The number of aromatic nitrogens is 2. The third-order valence-corrected chi connectivity index (χ3v) is 4.99. The van der Waals surface area contributed by atoms with Gasteiger partial charge in [-0.3, -0.25) is 0 Å². The van der Waals surface area contributed by atoms with Crippen molar-refractivity contribution in [1.82, 2.24) is 15.1 Å². The number of benzene rings is 1. The van der Waals surface area contributed by atoms with Gasteiger partial charge in [-0.25, -0.2) is 4.79 Å². The Hall–Kier alpha value is -1.79. The van der Waals surface area contributed by atoms with Gasteiger partial charge < -0.3 is 14.6 Å². The van der Waals surface area contributed by atoms with Gasteiger partial charge in [-0.05, 0) is 31.0 Å². The van der Waals surface area contributed by atoms with Crippen LogP contribution in [0.25, 0.3) is 0 Å². The number of hydrogen-bond acceptors (Lipinski definition) is 4. The Bertz CT molecular complexity index is 755. The molecule has 0 atom stereocenters. The van der Waals surface area contributed by atoms with E-state index in [0.29, 0.717) is 40.6 Å². The summed E-state index contributed by atoms with van der Waals surface area (Å²) in [7, 11) is 0. The maximum absolute atomic E-state index is 12.4. The minimum atomic E-state index is -0.148. The monoisotopic (exact) mass is 382 g/mol. The predicted octanol–water partition coefficient (Wildman–Crippen LogP) is 4.91. The number of nitrogens with zero attached hydrogens (tertiary/aromatic N) is 3. The van der Waals surface area contributed by atoms with Crippen LogP contribution in [0.4, 0.5) is 10.5 Å². The first-order valence-corrected chi connectivity index (χ1v) is 9.04. The van der Waals surface area contributed by atoms with Gasteiger partial charge in [0.25, 0.3) is 0 Å². The molecule has 2 amide bonds. The highest BCUT2D eigenvalue weighted by Crippen LogP contribution is 2.29. The van der Waals surface area contributed by atoms with E-state index in [0.717, 1.165) is 12.8 Å². The fraction of sp³-hybridized carbons (Fsp3) is 0.471. The molecule has 1 fully saturated rings. The summed E-state index contributed by atoms with van der Waals surface area (Å²) in [5.74, 6) is 1.76. The van der Waals surface area contributed by atoms with Gasteiger partial charge >= 0.3 is 6.03 Å². The average Bonchev–Trinajstić information content (AvgIpc) is 3.09. The summed E-state index contributed by atoms with van der Waals surface area (Å²) in [5, 5.41) is 12.0. The molecule has 8 heteroatoms. The van der Waals surface area contributed by atoms with E-state index in [9.17, 15) is 4.79 Å². The molecule has 3 rings (SSSR count). The highest BCUT2D eigenvalue weighted by Gasteiger charge is 2.27. The number of rotatable bonds is 3. The summed E-state index contributed by atoms with van der Waals surface area (Å²) in [6.07, 6.45) is 1.60. The molecule has 1 saturated heterocycles. The molecule has 0 aliphatic carbocycles. The van der Waals surface area contributed by atoms with Gasteiger partial charge in [0, 0.05) is 30.6 Å². The molecule has 134 valence electrons. The van der Waals surface area contributed by atoms with Crippen molar-refractivity contribution in [1.29, 1.82) is 0 Å². The summed E-state index contributed by atoms with van der Waals surface area (Å²) in [6, 6.07) is 4.88. The molecule has 25 heavy (non-hydrogen) atoms. The molecular weight excluding hydrogens is 363 g/mol. The van der Waals surface area contributed by atoms with Crippen LogP contribution in [0, 0.1) is 0 Å². The van der Waals surface area contributed by atoms with Crippen molar-refractivity contribution in [2.75, 3.05) is 18.4 Å². The van der Waals surface area contributed by atoms with Crippen molar-refractivity contribution in [3.05, 3.63) is 40.0 Å². The molecule has 0 unspecified atom stereocenters. The van der Waals surface area contributed by atoms with E-state index < -0.39 is 0 Å². The Labute approximate surface area is 156 Å². The van der Waals surface area contributed by atoms with Gasteiger partial charge in [0.05, 0.1) is 10.0 Å². The van der Waals surface area contributed by atoms with Crippen LogP contribution in [0.15, 0.2) is 22.6 Å². The summed E-state index contributed by atoms with van der Waals surface area (Å²) < 4.78 is 5.73. The van der Waals surface area contributed by atoms with Crippen LogP contribution in [0.5, 0.6) is 0 Å². The molecule has 0 bridgehead atoms. The van der Waals surface area contributed by atoms with Crippen molar-refractivity contribution in [3.63, 3.8) is 0 Å². The predicted molar refractivity (Wildman–Crippen MR) is 97.4 cm³/mol. The Morgan fingerprint density at radius 1 is 1.24 bits per heavy atom. The molecule has 0 radical (unpaired) electrons. The standard InChI is InChI=1S/C17H20Cl2N4O2/c1-10(2)15-21-22-16(25-15)11-5-7-23(8-6-11)17(24)20-12-3-4-13(18)14(19)9-12/h3-4,9-11H,5-8H2,1-2H3,(H,20,24). The first kappa shape index (κ1) is 18.0. The van der Waals surface area contributed by atoms with Crippen LogP contribution in [-0.4, -0.2) is 34.2 Å². The van der Waals surface area contributed by atoms with Crippen molar-refractivity contribution in [2.45, 2.75) is 38.5 Å². The lowest BCUT2D eigenvalue weighted by atomic mass is 9.97. The number of urea groups is 1. The van der Waals surface area contributed by atoms with Crippen molar-refractivity contribution in [3.8, 4) is 0 Å². The van der Waals surface area contributed by atoms with Gasteiger partial charge in [0.15, 0.2) is 0 Å². The molecule has 0 saturated carbocycles. The molecule has 1 aliphatic rings. The molecular formula is C17H20Cl2N4O2. The van der Waals surface area contributed by atoms with Crippen LogP contribution < -0.4 is 5.32 Å². The van der Waals surface area contributed by atoms with E-state index in [2.05, 4.69) is 15.5 Å². The number of likely N-dealkylation sites (tertiary alicyclic amines) is 1. The number of anilines is 1. The maximum Gasteiger partial charge on any atom is 0.321 e. The lowest BCUT2D eigenvalue weighted by molar-refractivity contribution is 0.189. The Morgan fingerprint density at radius 3 is 2.56 bits per heavy atom. The normalized spacial score (nSPS) is 15.6. The Kier molecular flexibility index (Phi) is 5.49. The lowest BCUT2D eigenvalue weighted by Crippen LogP contribution is -2.40. The van der Waals surface area contributed by atoms with Crippen molar-refractivity contribution in [2.24, 2.45) is 0 Å². The minimum absolute atomic E-state index is 0.148. The van der Waals surface area contributed by atoms with Gasteiger partial charge in [-0.2, -0.15) is 0 Å². The van der Waals surface area contributed by atoms with E-state index in [1.54, 1.807) is 23.1 Å². The summed E-state index contributed by atoms with van der Waals surface area (Å²) in [6.45, 7) is 5.31. The second-order valence-electron chi connectivity index (χ2n) is 6.45. The van der Waals surface area contributed by atoms with Gasteiger partial charge in [0.2, 0.25) is 11.8 Å². The maximum atomic E-state index is 12.4. The quantitative estimate of drug-likeness (QED) is 0.818. The second kappa shape index (κ2) is 7.62. The van der Waals surface area contributed by atoms with E-state index in [1.165, 1.54) is 0 Å². The Morgan fingerprint density at radius 2 is 1.96 bits per heavy atom. The zero-order chi connectivity index (χ0) is 18.0. The highest BCUT2D eigenvalue weighted by molar-refractivity contribution is 6.42. The molecule has 1 N–H and O–H groups in total. The van der Waals surface area contributed by atoms with Crippen LogP contribution >= 0.6 is 23.2 Å². The third-order valence-electron chi connectivity index (χ3n) is 4.25. The third kappa shape index (κ3) is 4.25. The van der Waals surface area contributed by atoms with E-state index in [4.69, 9.17) is 27.6 Å². The number of hydrogen-bond donors (Lipinski definition) is 1. The highest BCUT2D eigenvalue weighted by atomic mass is 35.5. The fourth-order valence-corrected chi connectivity index (χ4v) is 3.05. The van der Waals surface area contributed by atoms with Crippen molar-refractivity contribution < 1.29 is 9.21 Å². The number of halogens is 2. The van der Waals surface area contributed by atoms with Crippen LogP contribution in [0.2, 0.25) is 10.0 Å². The molecule has 1 aromatic heterocycles. The zero-order valence-corrected chi connectivity index (χ0v) is 15.6. The number of piperidine rings is 1. The molecule has 6 nitrogen and oxygen atoms in total. The first-order valence-electron chi connectivity index (χ1n) is 8.28. The first-order chi connectivity index (χ1) is 11.9. The number of carbonyl (C=O) groups is 1. The van der Waals surface area contributed by atoms with Gasteiger partial charge in [-0.15, -0.1) is 10.2 Å². The minimum Gasteiger partial charge on any atom is -0.425 e. The molecule has 1 aliphatic heterocycles. The molecule has 1 aromatic carbocycles. The smallest absolute Gasteiger partial charge is 0.321 e. The number of carbonyl (C=O) groups excluding carboxylic acids is 1.